The lowest BCUT2D eigenvalue weighted by atomic mass is 10.1. The molecule has 0 fully saturated rings. The van der Waals surface area contributed by atoms with Crippen LogP contribution in [0.2, 0.25) is 5.02 Å². The van der Waals surface area contributed by atoms with Crippen molar-refractivity contribution in [3.8, 4) is 11.3 Å². The molecule has 23 heavy (non-hydrogen) atoms. The minimum absolute atomic E-state index is 0.237. The molecule has 1 aromatic heterocycles. The molecule has 0 saturated carbocycles. The Morgan fingerprint density at radius 1 is 0.913 bits per heavy atom. The van der Waals surface area contributed by atoms with Crippen LogP contribution in [0.3, 0.4) is 0 Å². The predicted octanol–water partition coefficient (Wildman–Crippen LogP) is 5.00. The SMILES string of the molecule is O=S(=O)(c1ccccc1)c1ccc(-c2ncc(Br)cc2Cl)cc1. The van der Waals surface area contributed by atoms with Crippen molar-refractivity contribution in [2.75, 3.05) is 0 Å². The molecule has 0 saturated heterocycles. The van der Waals surface area contributed by atoms with Crippen LogP contribution in [0.5, 0.6) is 0 Å². The Kier molecular flexibility index (Phi) is 4.53. The van der Waals surface area contributed by atoms with E-state index in [1.54, 1.807) is 66.9 Å². The number of benzene rings is 2. The van der Waals surface area contributed by atoms with Crippen molar-refractivity contribution in [2.24, 2.45) is 0 Å². The van der Waals surface area contributed by atoms with Gasteiger partial charge in [-0.3, -0.25) is 4.98 Å². The van der Waals surface area contributed by atoms with E-state index in [4.69, 9.17) is 11.6 Å². The number of halogens is 2. The van der Waals surface area contributed by atoms with Crippen molar-refractivity contribution in [1.29, 1.82) is 0 Å². The lowest BCUT2D eigenvalue weighted by Crippen LogP contribution is -2.01. The van der Waals surface area contributed by atoms with Gasteiger partial charge in [-0.15, -0.1) is 0 Å². The zero-order chi connectivity index (χ0) is 16.4. The predicted molar refractivity (Wildman–Crippen MR) is 94.3 cm³/mol. The van der Waals surface area contributed by atoms with Gasteiger partial charge in [0.15, 0.2) is 0 Å². The van der Waals surface area contributed by atoms with Gasteiger partial charge in [-0.1, -0.05) is 41.9 Å². The Labute approximate surface area is 148 Å². The summed E-state index contributed by atoms with van der Waals surface area (Å²) < 4.78 is 25.9. The quantitative estimate of drug-likeness (QED) is 0.613. The Morgan fingerprint density at radius 3 is 2.13 bits per heavy atom. The van der Waals surface area contributed by atoms with E-state index in [2.05, 4.69) is 20.9 Å². The van der Waals surface area contributed by atoms with Crippen molar-refractivity contribution in [3.05, 3.63) is 76.4 Å². The molecule has 0 bridgehead atoms. The molecule has 3 rings (SSSR count). The van der Waals surface area contributed by atoms with Crippen LogP contribution in [0.15, 0.2) is 81.1 Å². The molecule has 0 aliphatic heterocycles. The van der Waals surface area contributed by atoms with Gasteiger partial charge in [-0.05, 0) is 46.3 Å². The molecular formula is C17H11BrClNO2S. The second kappa shape index (κ2) is 6.43. The van der Waals surface area contributed by atoms with E-state index in [-0.39, 0.29) is 9.79 Å². The Morgan fingerprint density at radius 2 is 1.52 bits per heavy atom. The van der Waals surface area contributed by atoms with E-state index in [9.17, 15) is 8.42 Å². The first-order valence-corrected chi connectivity index (χ1v) is 9.35. The lowest BCUT2D eigenvalue weighted by molar-refractivity contribution is 0.596. The highest BCUT2D eigenvalue weighted by Crippen LogP contribution is 2.29. The maximum absolute atomic E-state index is 12.5. The van der Waals surface area contributed by atoms with Crippen LogP contribution in [0.4, 0.5) is 0 Å². The average Bonchev–Trinajstić information content (AvgIpc) is 2.56. The van der Waals surface area contributed by atoms with Crippen molar-refractivity contribution in [1.82, 2.24) is 4.98 Å². The number of hydrogen-bond acceptors (Lipinski definition) is 3. The number of rotatable bonds is 3. The zero-order valence-electron chi connectivity index (χ0n) is 11.8. The highest BCUT2D eigenvalue weighted by Gasteiger charge is 2.17. The van der Waals surface area contributed by atoms with Gasteiger partial charge in [-0.25, -0.2) is 8.42 Å². The molecule has 6 heteroatoms. The van der Waals surface area contributed by atoms with Crippen LogP contribution >= 0.6 is 27.5 Å². The van der Waals surface area contributed by atoms with Crippen molar-refractivity contribution in [2.45, 2.75) is 9.79 Å². The molecule has 1 heterocycles. The van der Waals surface area contributed by atoms with Crippen molar-refractivity contribution < 1.29 is 8.42 Å². The normalized spacial score (nSPS) is 11.4. The second-order valence-electron chi connectivity index (χ2n) is 4.82. The molecule has 0 atom stereocenters. The fraction of sp³-hybridized carbons (Fsp3) is 0. The summed E-state index contributed by atoms with van der Waals surface area (Å²) in [5.74, 6) is 0. The first kappa shape index (κ1) is 16.2. The minimum Gasteiger partial charge on any atom is -0.254 e. The maximum atomic E-state index is 12.5. The van der Waals surface area contributed by atoms with Gasteiger partial charge >= 0.3 is 0 Å². The molecule has 0 spiro atoms. The number of sulfone groups is 1. The molecule has 3 nitrogen and oxygen atoms in total. The molecule has 0 aliphatic carbocycles. The monoisotopic (exact) mass is 407 g/mol. The molecule has 0 aliphatic rings. The highest BCUT2D eigenvalue weighted by atomic mass is 79.9. The number of pyridine rings is 1. The summed E-state index contributed by atoms with van der Waals surface area (Å²) in [5.41, 5.74) is 1.37. The first-order valence-electron chi connectivity index (χ1n) is 6.70. The van der Waals surface area contributed by atoms with Gasteiger partial charge in [-0.2, -0.15) is 0 Å². The second-order valence-corrected chi connectivity index (χ2v) is 8.10. The molecule has 0 amide bonds. The van der Waals surface area contributed by atoms with Crippen LogP contribution in [-0.4, -0.2) is 13.4 Å². The van der Waals surface area contributed by atoms with Gasteiger partial charge in [0.1, 0.15) is 0 Å². The van der Waals surface area contributed by atoms with E-state index < -0.39 is 9.84 Å². The average molecular weight is 409 g/mol. The van der Waals surface area contributed by atoms with Crippen LogP contribution in [-0.2, 0) is 9.84 Å². The van der Waals surface area contributed by atoms with E-state index in [0.717, 1.165) is 10.0 Å². The van der Waals surface area contributed by atoms with Crippen LogP contribution in [0.1, 0.15) is 0 Å². The number of hydrogen-bond donors (Lipinski definition) is 0. The van der Waals surface area contributed by atoms with Gasteiger partial charge in [0.05, 0.1) is 20.5 Å². The molecule has 0 radical (unpaired) electrons. The topological polar surface area (TPSA) is 47.0 Å². The molecule has 3 aromatic rings. The molecule has 116 valence electrons. The first-order chi connectivity index (χ1) is 11.0. The van der Waals surface area contributed by atoms with Gasteiger partial charge in [0, 0.05) is 16.2 Å². The fourth-order valence-corrected chi connectivity index (χ4v) is 4.18. The summed E-state index contributed by atoms with van der Waals surface area (Å²) in [4.78, 5) is 4.78. The van der Waals surface area contributed by atoms with Crippen LogP contribution in [0.25, 0.3) is 11.3 Å². The minimum atomic E-state index is -3.52. The van der Waals surface area contributed by atoms with Gasteiger partial charge in [0.25, 0.3) is 0 Å². The summed E-state index contributed by atoms with van der Waals surface area (Å²) in [6, 6.07) is 16.6. The smallest absolute Gasteiger partial charge is 0.206 e. The third kappa shape index (κ3) is 3.32. The number of aromatic nitrogens is 1. The van der Waals surface area contributed by atoms with Gasteiger partial charge < -0.3 is 0 Å². The van der Waals surface area contributed by atoms with E-state index >= 15 is 0 Å². The fourth-order valence-electron chi connectivity index (χ4n) is 2.15. The lowest BCUT2D eigenvalue weighted by Gasteiger charge is -2.07. The zero-order valence-corrected chi connectivity index (χ0v) is 14.9. The maximum Gasteiger partial charge on any atom is 0.206 e. The largest absolute Gasteiger partial charge is 0.254 e. The number of nitrogens with zero attached hydrogens (tertiary/aromatic N) is 1. The molecule has 0 N–H and O–H groups in total. The third-order valence-corrected chi connectivity index (χ3v) is 5.81. The van der Waals surface area contributed by atoms with E-state index in [1.807, 2.05) is 0 Å². The third-order valence-electron chi connectivity index (χ3n) is 3.30. The Bertz CT molecular complexity index is 942. The summed E-state index contributed by atoms with van der Waals surface area (Å²) in [6.07, 6.45) is 1.65. The van der Waals surface area contributed by atoms with E-state index in [0.29, 0.717) is 10.7 Å². The summed E-state index contributed by atoms with van der Waals surface area (Å²) in [7, 11) is -3.52. The summed E-state index contributed by atoms with van der Waals surface area (Å²) in [6.45, 7) is 0. The summed E-state index contributed by atoms with van der Waals surface area (Å²) in [5, 5.41) is 0.498. The van der Waals surface area contributed by atoms with E-state index in [1.165, 1.54) is 0 Å². The molecular weight excluding hydrogens is 398 g/mol. The molecule has 0 unspecified atom stereocenters. The van der Waals surface area contributed by atoms with Gasteiger partial charge in [0.2, 0.25) is 9.84 Å². The Hall–Kier alpha value is -1.69. The van der Waals surface area contributed by atoms with Crippen LogP contribution < -0.4 is 0 Å². The standard InChI is InChI=1S/C17H11BrClNO2S/c18-13-10-16(19)17(20-11-13)12-6-8-15(9-7-12)23(21,22)14-4-2-1-3-5-14/h1-11H. The molecule has 2 aromatic carbocycles. The Balaban J connectivity index is 2.00. The van der Waals surface area contributed by atoms with Crippen LogP contribution in [0, 0.1) is 0 Å². The van der Waals surface area contributed by atoms with Crippen molar-refractivity contribution >= 4 is 37.4 Å². The highest BCUT2D eigenvalue weighted by molar-refractivity contribution is 9.10. The summed E-state index contributed by atoms with van der Waals surface area (Å²) >= 11 is 9.49. The van der Waals surface area contributed by atoms with Crippen molar-refractivity contribution in [3.63, 3.8) is 0 Å².